The summed E-state index contributed by atoms with van der Waals surface area (Å²) in [6.45, 7) is 4.03. The third kappa shape index (κ3) is 8.39. The van der Waals surface area contributed by atoms with Gasteiger partial charge in [-0.1, -0.05) is 50.1 Å². The van der Waals surface area contributed by atoms with Gasteiger partial charge in [0.1, 0.15) is 5.78 Å². The van der Waals surface area contributed by atoms with Gasteiger partial charge in [-0.05, 0) is 49.9 Å². The maximum Gasteiger partial charge on any atom is 0.220 e. The zero-order valence-electron chi connectivity index (χ0n) is 20.9. The largest absolute Gasteiger partial charge is 0.383 e. The van der Waals surface area contributed by atoms with Gasteiger partial charge in [-0.25, -0.2) is 0 Å². The van der Waals surface area contributed by atoms with E-state index in [1.54, 1.807) is 13.0 Å². The number of carbonyl (C=O) groups excluding carboxylic acids is 3. The fourth-order valence-corrected chi connectivity index (χ4v) is 4.27. The number of hydrogen-bond acceptors (Lipinski definition) is 4. The molecule has 186 valence electrons. The number of amides is 1. The minimum Gasteiger partial charge on any atom is -0.383 e. The number of aryl methyl sites for hydroxylation is 1. The highest BCUT2D eigenvalue weighted by molar-refractivity contribution is 5.94. The number of H-pyrrole nitrogens is 1. The molecular formula is C29H37N3O3. The van der Waals surface area contributed by atoms with E-state index < -0.39 is 0 Å². The Morgan fingerprint density at radius 3 is 2.60 bits per heavy atom. The number of para-hydroxylation sites is 1. The van der Waals surface area contributed by atoms with E-state index in [2.05, 4.69) is 21.7 Å². The van der Waals surface area contributed by atoms with Crippen molar-refractivity contribution in [3.8, 4) is 0 Å². The lowest BCUT2D eigenvalue weighted by Gasteiger charge is -2.20. The van der Waals surface area contributed by atoms with Gasteiger partial charge in [-0.15, -0.1) is 0 Å². The van der Waals surface area contributed by atoms with Crippen LogP contribution in [0.5, 0.6) is 0 Å². The molecule has 0 fully saturated rings. The third-order valence-corrected chi connectivity index (χ3v) is 6.39. The van der Waals surface area contributed by atoms with Crippen molar-refractivity contribution < 1.29 is 14.4 Å². The normalized spacial score (nSPS) is 11.8. The molecule has 0 aliphatic rings. The van der Waals surface area contributed by atoms with Gasteiger partial charge in [0.25, 0.3) is 0 Å². The third-order valence-electron chi connectivity index (χ3n) is 6.39. The second kappa shape index (κ2) is 13.5. The summed E-state index contributed by atoms with van der Waals surface area (Å²) in [7, 11) is 0. The van der Waals surface area contributed by atoms with Crippen LogP contribution in [-0.4, -0.2) is 35.0 Å². The van der Waals surface area contributed by atoms with Crippen LogP contribution in [0.3, 0.4) is 0 Å². The molecule has 0 bridgehead atoms. The number of rotatable bonds is 15. The number of Topliss-reactive ketones (excluding diaryl/α,β-unsaturated/α-hetero) is 2. The summed E-state index contributed by atoms with van der Waals surface area (Å²) in [5, 5.41) is 7.74. The summed E-state index contributed by atoms with van der Waals surface area (Å²) in [6.07, 6.45) is 7.94. The highest BCUT2D eigenvalue weighted by atomic mass is 16.1. The molecular weight excluding hydrogens is 438 g/mol. The van der Waals surface area contributed by atoms with Crippen molar-refractivity contribution in [2.24, 2.45) is 0 Å². The zero-order chi connectivity index (χ0) is 25.0. The van der Waals surface area contributed by atoms with E-state index in [1.165, 1.54) is 0 Å². The van der Waals surface area contributed by atoms with Gasteiger partial charge in [-0.3, -0.25) is 14.4 Å². The molecule has 0 aliphatic heterocycles. The molecule has 6 heteroatoms. The summed E-state index contributed by atoms with van der Waals surface area (Å²) in [4.78, 5) is 39.3. The Kier molecular flexibility index (Phi) is 10.1. The van der Waals surface area contributed by atoms with E-state index in [4.69, 9.17) is 0 Å². The molecule has 1 atom stereocenters. The molecule has 0 radical (unpaired) electrons. The Hall–Kier alpha value is -3.41. The Labute approximate surface area is 207 Å². The molecule has 0 spiro atoms. The van der Waals surface area contributed by atoms with Gasteiger partial charge in [-0.2, -0.15) is 0 Å². The van der Waals surface area contributed by atoms with Gasteiger partial charge in [0.05, 0.1) is 0 Å². The van der Waals surface area contributed by atoms with Crippen LogP contribution >= 0.6 is 0 Å². The lowest BCUT2D eigenvalue weighted by atomic mass is 10.0. The number of benzene rings is 2. The van der Waals surface area contributed by atoms with Crippen LogP contribution in [-0.2, 0) is 16.0 Å². The molecule has 1 heterocycles. The van der Waals surface area contributed by atoms with Crippen molar-refractivity contribution in [1.82, 2.24) is 10.3 Å². The molecule has 2 aromatic carbocycles. The number of carbonyl (C=O) groups is 3. The highest BCUT2D eigenvalue weighted by Crippen LogP contribution is 2.19. The fourth-order valence-electron chi connectivity index (χ4n) is 4.27. The van der Waals surface area contributed by atoms with Crippen molar-refractivity contribution in [1.29, 1.82) is 0 Å². The molecule has 3 rings (SSSR count). The summed E-state index contributed by atoms with van der Waals surface area (Å²) in [6, 6.07) is 15.5. The zero-order valence-corrected chi connectivity index (χ0v) is 20.9. The molecule has 6 nitrogen and oxygen atoms in total. The minimum atomic E-state index is -0.0340. The van der Waals surface area contributed by atoms with Crippen LogP contribution in [0.4, 0.5) is 5.69 Å². The van der Waals surface area contributed by atoms with Gasteiger partial charge in [0.2, 0.25) is 5.91 Å². The average Bonchev–Trinajstić information content (AvgIpc) is 3.28. The lowest BCUT2D eigenvalue weighted by molar-refractivity contribution is -0.121. The second-order valence-corrected chi connectivity index (χ2v) is 9.13. The van der Waals surface area contributed by atoms with Gasteiger partial charge in [0, 0.05) is 60.2 Å². The molecule has 0 saturated carbocycles. The smallest absolute Gasteiger partial charge is 0.220 e. The minimum absolute atomic E-state index is 0.0254. The van der Waals surface area contributed by atoms with Crippen LogP contribution in [0.25, 0.3) is 10.9 Å². The number of aromatic nitrogens is 1. The first kappa shape index (κ1) is 26.2. The van der Waals surface area contributed by atoms with Crippen molar-refractivity contribution >= 4 is 34.1 Å². The molecule has 1 unspecified atom stereocenters. The fraction of sp³-hybridized carbons (Fsp3) is 0.414. The van der Waals surface area contributed by atoms with Crippen molar-refractivity contribution in [2.75, 3.05) is 11.9 Å². The number of ketones is 2. The van der Waals surface area contributed by atoms with Gasteiger partial charge in [0.15, 0.2) is 5.78 Å². The monoisotopic (exact) mass is 475 g/mol. The molecule has 0 aliphatic carbocycles. The number of hydrogen-bond donors (Lipinski definition) is 3. The first-order valence-electron chi connectivity index (χ1n) is 12.7. The number of fused-ring (bicyclic) bond motifs is 1. The Bertz CT molecular complexity index is 1130. The Morgan fingerprint density at radius 2 is 1.80 bits per heavy atom. The first-order chi connectivity index (χ1) is 17.0. The maximum absolute atomic E-state index is 12.8. The number of nitrogens with one attached hydrogen (secondary N) is 3. The van der Waals surface area contributed by atoms with Crippen LogP contribution < -0.4 is 10.6 Å². The van der Waals surface area contributed by atoms with Gasteiger partial charge < -0.3 is 15.6 Å². The molecule has 1 aromatic heterocycles. The van der Waals surface area contributed by atoms with Crippen molar-refractivity contribution in [3.05, 3.63) is 65.9 Å². The van der Waals surface area contributed by atoms with E-state index >= 15 is 0 Å². The standard InChI is InChI=1S/C29H37N3O3/c1-3-26(34)13-6-4-5-11-25(20-30-24-12-9-10-22(18-24)21(2)33)32-29(35)17-16-23-19-31-28-15-8-7-14-27(23)28/h7-10,12,14-15,18-19,25,30-31H,3-6,11,13,16-17,20H2,1-2H3,(H,32,35). The number of aromatic amines is 1. The van der Waals surface area contributed by atoms with E-state index in [-0.39, 0.29) is 17.7 Å². The molecule has 35 heavy (non-hydrogen) atoms. The van der Waals surface area contributed by atoms with E-state index in [9.17, 15) is 14.4 Å². The number of unbranched alkanes of at least 4 members (excludes halogenated alkanes) is 2. The summed E-state index contributed by atoms with van der Waals surface area (Å²) in [5.74, 6) is 0.359. The van der Waals surface area contributed by atoms with E-state index in [1.807, 2.05) is 49.5 Å². The van der Waals surface area contributed by atoms with Crippen LogP contribution in [0.1, 0.15) is 74.7 Å². The summed E-state index contributed by atoms with van der Waals surface area (Å²) in [5.41, 5.74) is 3.76. The van der Waals surface area contributed by atoms with E-state index in [0.717, 1.165) is 47.8 Å². The Balaban J connectivity index is 1.54. The highest BCUT2D eigenvalue weighted by Gasteiger charge is 2.14. The SMILES string of the molecule is CCC(=O)CCCCCC(CNc1cccc(C(C)=O)c1)NC(=O)CCc1c[nH]c2ccccc12. The summed E-state index contributed by atoms with van der Waals surface area (Å²) >= 11 is 0. The Morgan fingerprint density at radius 1 is 0.971 bits per heavy atom. The van der Waals surface area contributed by atoms with Gasteiger partial charge >= 0.3 is 0 Å². The molecule has 0 saturated heterocycles. The molecule has 1 amide bonds. The number of anilines is 1. The predicted octanol–water partition coefficient (Wildman–Crippen LogP) is 5.83. The topological polar surface area (TPSA) is 91.1 Å². The maximum atomic E-state index is 12.8. The second-order valence-electron chi connectivity index (χ2n) is 9.13. The molecule has 3 aromatic rings. The average molecular weight is 476 g/mol. The van der Waals surface area contributed by atoms with Crippen LogP contribution in [0, 0.1) is 0 Å². The lowest BCUT2D eigenvalue weighted by Crippen LogP contribution is -2.39. The quantitative estimate of drug-likeness (QED) is 0.190. The van der Waals surface area contributed by atoms with Crippen LogP contribution in [0.2, 0.25) is 0 Å². The van der Waals surface area contributed by atoms with Crippen molar-refractivity contribution in [3.63, 3.8) is 0 Å². The first-order valence-corrected chi connectivity index (χ1v) is 12.7. The predicted molar refractivity (Wildman–Crippen MR) is 142 cm³/mol. The van der Waals surface area contributed by atoms with Crippen molar-refractivity contribution in [2.45, 2.75) is 71.3 Å². The van der Waals surface area contributed by atoms with Crippen LogP contribution in [0.15, 0.2) is 54.7 Å². The van der Waals surface area contributed by atoms with E-state index in [0.29, 0.717) is 43.6 Å². The molecule has 3 N–H and O–H groups in total. The summed E-state index contributed by atoms with van der Waals surface area (Å²) < 4.78 is 0.